The van der Waals surface area contributed by atoms with Crippen LogP contribution in [-0.4, -0.2) is 54.4 Å². The number of pyridine rings is 2. The number of imidazole rings is 1. The number of hydrogen-bond donors (Lipinski definition) is 1. The van der Waals surface area contributed by atoms with Crippen molar-refractivity contribution >= 4 is 22.6 Å². The summed E-state index contributed by atoms with van der Waals surface area (Å²) in [4.78, 5) is 51.6. The molecule has 1 aliphatic rings. The number of hydrogen-bond acceptors (Lipinski definition) is 6. The minimum absolute atomic E-state index is 0.00622. The molecular formula is C36H33F2N7O3. The Hall–Kier alpha value is -5.49. The van der Waals surface area contributed by atoms with Crippen molar-refractivity contribution in [3.8, 4) is 16.8 Å². The van der Waals surface area contributed by atoms with Gasteiger partial charge in [0, 0.05) is 31.0 Å². The monoisotopic (exact) mass is 649 g/mol. The molecule has 2 aromatic carbocycles. The second kappa shape index (κ2) is 12.6. The molecule has 1 saturated carbocycles. The molecule has 1 N–H and O–H groups in total. The summed E-state index contributed by atoms with van der Waals surface area (Å²) in [6, 6.07) is 18.7. The van der Waals surface area contributed by atoms with Crippen LogP contribution in [0.25, 0.3) is 33.5 Å². The number of benzene rings is 2. The van der Waals surface area contributed by atoms with Crippen molar-refractivity contribution in [1.29, 1.82) is 0 Å². The third-order valence-electron chi connectivity index (χ3n) is 8.86. The highest BCUT2D eigenvalue weighted by Crippen LogP contribution is 2.29. The largest absolute Gasteiger partial charge is 0.348 e. The highest BCUT2D eigenvalue weighted by Gasteiger charge is 2.28. The fraction of sp³-hybridized carbons (Fsp3) is 0.250. The van der Waals surface area contributed by atoms with Crippen molar-refractivity contribution in [2.45, 2.75) is 44.3 Å². The van der Waals surface area contributed by atoms with E-state index in [0.717, 1.165) is 35.5 Å². The topological polar surface area (TPSA) is 107 Å². The van der Waals surface area contributed by atoms with Gasteiger partial charge in [0.2, 0.25) is 0 Å². The molecule has 12 heteroatoms. The molecule has 0 unspecified atom stereocenters. The second-order valence-corrected chi connectivity index (χ2v) is 12.5. The van der Waals surface area contributed by atoms with Gasteiger partial charge in [-0.15, -0.1) is 0 Å². The Morgan fingerprint density at radius 3 is 2.52 bits per heavy atom. The number of carbonyl (C=O) groups is 1. The minimum Gasteiger partial charge on any atom is -0.348 e. The number of amides is 1. The molecule has 0 bridgehead atoms. The van der Waals surface area contributed by atoms with Crippen LogP contribution in [0.4, 0.5) is 8.78 Å². The predicted molar refractivity (Wildman–Crippen MR) is 178 cm³/mol. The van der Waals surface area contributed by atoms with Crippen LogP contribution in [0, 0.1) is 11.6 Å². The number of rotatable bonds is 7. The number of nitrogens with one attached hydrogen (secondary N) is 1. The Bertz CT molecular complexity index is 2300. The summed E-state index contributed by atoms with van der Waals surface area (Å²) in [5.74, 6) is -1.50. The average molecular weight is 650 g/mol. The van der Waals surface area contributed by atoms with Crippen molar-refractivity contribution in [3.05, 3.63) is 129 Å². The highest BCUT2D eigenvalue weighted by molar-refractivity contribution is 5.93. The smallest absolute Gasteiger partial charge is 0.337 e. The van der Waals surface area contributed by atoms with E-state index in [0.29, 0.717) is 37.0 Å². The van der Waals surface area contributed by atoms with Gasteiger partial charge in [-0.05, 0) is 86.8 Å². The summed E-state index contributed by atoms with van der Waals surface area (Å²) in [6.07, 6.45) is 5.60. The molecule has 1 aliphatic carbocycles. The lowest BCUT2D eigenvalue weighted by Crippen LogP contribution is -2.45. The first-order valence-electron chi connectivity index (χ1n) is 15.8. The molecule has 0 atom stereocenters. The Morgan fingerprint density at radius 1 is 0.938 bits per heavy atom. The first-order valence-corrected chi connectivity index (χ1v) is 15.8. The van der Waals surface area contributed by atoms with E-state index in [-0.39, 0.29) is 28.7 Å². The first-order chi connectivity index (χ1) is 23.2. The van der Waals surface area contributed by atoms with Crippen molar-refractivity contribution in [3.63, 3.8) is 0 Å². The van der Waals surface area contributed by atoms with Gasteiger partial charge in [0.1, 0.15) is 23.0 Å². The number of fused-ring (bicyclic) bond motifs is 2. The molecule has 6 aromatic rings. The molecule has 10 nitrogen and oxygen atoms in total. The summed E-state index contributed by atoms with van der Waals surface area (Å²) in [5.41, 5.74) is 3.04. The Labute approximate surface area is 273 Å². The van der Waals surface area contributed by atoms with E-state index in [1.165, 1.54) is 38.1 Å². The molecule has 244 valence electrons. The number of halogens is 2. The van der Waals surface area contributed by atoms with E-state index in [1.54, 1.807) is 6.07 Å². The molecule has 0 radical (unpaired) electrons. The maximum absolute atomic E-state index is 14.5. The lowest BCUT2D eigenvalue weighted by molar-refractivity contribution is 0.0917. The van der Waals surface area contributed by atoms with E-state index in [1.807, 2.05) is 50.5 Å². The van der Waals surface area contributed by atoms with Crippen LogP contribution < -0.4 is 16.6 Å². The maximum atomic E-state index is 14.5. The molecule has 1 amide bonds. The van der Waals surface area contributed by atoms with Gasteiger partial charge in [-0.1, -0.05) is 36.4 Å². The number of nitrogens with zero attached hydrogens (tertiary/aromatic N) is 6. The zero-order chi connectivity index (χ0) is 33.5. The molecule has 0 aliphatic heterocycles. The quantitative estimate of drug-likeness (QED) is 0.258. The second-order valence-electron chi connectivity index (χ2n) is 12.5. The molecule has 48 heavy (non-hydrogen) atoms. The standard InChI is InChI=1S/C36H33F2N7O3/c1-42(2)19-23-6-3-4-9-29(23)22-7-5-8-28(16-22)44-33-30(17-25(38)18-39-33)35(47)45(36(44)48)27-13-11-26(12-14-27)40-34(46)31-21-43-20-24(37)10-15-32(43)41-31/h3-10,15-18,20-21,26-27H,11-14,19H2,1-2H3,(H,40,46)/t26-,27+. The van der Waals surface area contributed by atoms with Crippen LogP contribution in [0.1, 0.15) is 47.8 Å². The summed E-state index contributed by atoms with van der Waals surface area (Å²) >= 11 is 0. The van der Waals surface area contributed by atoms with Gasteiger partial charge in [-0.25, -0.2) is 28.1 Å². The minimum atomic E-state index is -0.677. The zero-order valence-electron chi connectivity index (χ0n) is 26.4. The van der Waals surface area contributed by atoms with Gasteiger partial charge in [0.25, 0.3) is 11.5 Å². The number of carbonyl (C=O) groups excluding carboxylic acids is 1. The summed E-state index contributed by atoms with van der Waals surface area (Å²) in [6.45, 7) is 0.719. The normalized spacial score (nSPS) is 16.5. The lowest BCUT2D eigenvalue weighted by atomic mass is 9.90. The van der Waals surface area contributed by atoms with E-state index in [4.69, 9.17) is 0 Å². The summed E-state index contributed by atoms with van der Waals surface area (Å²) in [5, 5.41) is 2.99. The average Bonchev–Trinajstić information content (AvgIpc) is 3.50. The van der Waals surface area contributed by atoms with E-state index < -0.39 is 28.9 Å². The summed E-state index contributed by atoms with van der Waals surface area (Å²) in [7, 11) is 4.00. The van der Waals surface area contributed by atoms with Gasteiger partial charge in [-0.3, -0.25) is 14.2 Å². The van der Waals surface area contributed by atoms with Crippen LogP contribution >= 0.6 is 0 Å². The van der Waals surface area contributed by atoms with Crippen LogP contribution in [-0.2, 0) is 6.54 Å². The predicted octanol–water partition coefficient (Wildman–Crippen LogP) is 5.12. The zero-order valence-corrected chi connectivity index (χ0v) is 26.4. The van der Waals surface area contributed by atoms with Crippen LogP contribution in [0.2, 0.25) is 0 Å². The van der Waals surface area contributed by atoms with Gasteiger partial charge in [0.05, 0.1) is 17.3 Å². The van der Waals surface area contributed by atoms with Gasteiger partial charge >= 0.3 is 5.69 Å². The SMILES string of the molecule is CN(C)Cc1ccccc1-c1cccc(-n2c(=O)n([C@H]3CC[C@@H](NC(=O)c4cn5cc(F)ccc5n4)CC3)c(=O)c3cc(F)cnc32)c1. The Morgan fingerprint density at radius 2 is 1.73 bits per heavy atom. The fourth-order valence-corrected chi connectivity index (χ4v) is 6.64. The maximum Gasteiger partial charge on any atom is 0.337 e. The molecule has 4 heterocycles. The van der Waals surface area contributed by atoms with E-state index in [2.05, 4.69) is 26.3 Å². The van der Waals surface area contributed by atoms with Crippen molar-refractivity contribution < 1.29 is 13.6 Å². The molecule has 7 rings (SSSR count). The number of aromatic nitrogens is 5. The van der Waals surface area contributed by atoms with Gasteiger partial charge in [-0.2, -0.15) is 0 Å². The molecular weight excluding hydrogens is 616 g/mol. The third-order valence-corrected chi connectivity index (χ3v) is 8.86. The van der Waals surface area contributed by atoms with Crippen LogP contribution in [0.5, 0.6) is 0 Å². The van der Waals surface area contributed by atoms with E-state index in [9.17, 15) is 23.2 Å². The van der Waals surface area contributed by atoms with Crippen molar-refractivity contribution in [1.82, 2.24) is 33.7 Å². The molecule has 1 fully saturated rings. The van der Waals surface area contributed by atoms with E-state index >= 15 is 0 Å². The van der Waals surface area contributed by atoms with Gasteiger partial charge in [0.15, 0.2) is 5.65 Å². The highest BCUT2D eigenvalue weighted by atomic mass is 19.1. The first kappa shape index (κ1) is 31.1. The van der Waals surface area contributed by atoms with Crippen molar-refractivity contribution in [2.24, 2.45) is 0 Å². The Balaban J connectivity index is 1.20. The molecule has 4 aromatic heterocycles. The lowest BCUT2D eigenvalue weighted by Gasteiger charge is -2.30. The summed E-state index contributed by atoms with van der Waals surface area (Å²) < 4.78 is 32.1. The van der Waals surface area contributed by atoms with Crippen LogP contribution in [0.15, 0.2) is 94.9 Å². The fourth-order valence-electron chi connectivity index (χ4n) is 6.64. The molecule has 0 saturated heterocycles. The third kappa shape index (κ3) is 5.90. The van der Waals surface area contributed by atoms with Gasteiger partial charge < -0.3 is 14.6 Å². The Kier molecular flexibility index (Phi) is 8.17. The van der Waals surface area contributed by atoms with Crippen LogP contribution in [0.3, 0.4) is 0 Å². The van der Waals surface area contributed by atoms with Crippen molar-refractivity contribution in [2.75, 3.05) is 14.1 Å². The molecule has 0 spiro atoms.